The maximum Gasteiger partial charge on any atom is 0.158 e. The molecule has 4 aromatic heterocycles. The Morgan fingerprint density at radius 1 is 1.14 bits per heavy atom. The van der Waals surface area contributed by atoms with Gasteiger partial charge in [-0.1, -0.05) is 13.8 Å². The molecule has 190 valence electrons. The Balaban J connectivity index is 1.36. The number of rotatable bonds is 6. The van der Waals surface area contributed by atoms with Gasteiger partial charge < -0.3 is 9.88 Å². The first-order chi connectivity index (χ1) is 17.1. The summed E-state index contributed by atoms with van der Waals surface area (Å²) in [7, 11) is -2.95. The first-order valence-electron chi connectivity index (χ1n) is 12.6. The maximum atomic E-state index is 11.6. The van der Waals surface area contributed by atoms with Crippen molar-refractivity contribution in [1.82, 2.24) is 29.5 Å². The number of aromatic nitrogens is 5. The Hall–Kier alpha value is -2.98. The number of anilines is 1. The lowest BCUT2D eigenvalue weighted by Crippen LogP contribution is -2.47. The minimum Gasteiger partial charge on any atom is -0.353 e. The fraction of sp³-hybridized carbons (Fsp3) is 0.500. The summed E-state index contributed by atoms with van der Waals surface area (Å²) in [4.78, 5) is 18.0. The fourth-order valence-corrected chi connectivity index (χ4v) is 6.62. The zero-order valence-corrected chi connectivity index (χ0v) is 22.3. The van der Waals surface area contributed by atoms with Gasteiger partial charge in [0, 0.05) is 55.3 Å². The molecule has 9 nitrogen and oxygen atoms in total. The van der Waals surface area contributed by atoms with Crippen molar-refractivity contribution >= 4 is 32.3 Å². The van der Waals surface area contributed by atoms with Crippen LogP contribution in [0.3, 0.4) is 0 Å². The monoisotopic (exact) mass is 507 g/mol. The van der Waals surface area contributed by atoms with E-state index in [4.69, 9.17) is 4.98 Å². The van der Waals surface area contributed by atoms with Crippen molar-refractivity contribution in [3.05, 3.63) is 41.3 Å². The smallest absolute Gasteiger partial charge is 0.158 e. The van der Waals surface area contributed by atoms with E-state index < -0.39 is 9.84 Å². The number of nitrogens with zero attached hydrogens (tertiary/aromatic N) is 6. The number of aromatic amines is 1. The summed E-state index contributed by atoms with van der Waals surface area (Å²) < 4.78 is 25.1. The van der Waals surface area contributed by atoms with Crippen molar-refractivity contribution < 1.29 is 8.42 Å². The number of fused-ring (bicyclic) bond motifs is 4. The molecule has 0 spiro atoms. The van der Waals surface area contributed by atoms with Crippen LogP contribution in [0.2, 0.25) is 0 Å². The molecule has 2 bridgehead atoms. The first kappa shape index (κ1) is 23.4. The lowest BCUT2D eigenvalue weighted by Gasteiger charge is -2.34. The van der Waals surface area contributed by atoms with E-state index >= 15 is 0 Å². The van der Waals surface area contributed by atoms with Crippen molar-refractivity contribution in [2.24, 2.45) is 0 Å². The minimum absolute atomic E-state index is 0.226. The summed E-state index contributed by atoms with van der Waals surface area (Å²) in [6.07, 6.45) is 6.04. The van der Waals surface area contributed by atoms with Crippen LogP contribution in [0.1, 0.15) is 42.9 Å². The molecular weight excluding hydrogens is 474 g/mol. The van der Waals surface area contributed by atoms with Gasteiger partial charge in [0.1, 0.15) is 22.0 Å². The van der Waals surface area contributed by atoms with E-state index in [1.54, 1.807) is 6.33 Å². The molecule has 36 heavy (non-hydrogen) atoms. The zero-order chi connectivity index (χ0) is 25.4. The van der Waals surface area contributed by atoms with Crippen molar-refractivity contribution in [1.29, 1.82) is 0 Å². The third-order valence-electron chi connectivity index (χ3n) is 8.04. The lowest BCUT2D eigenvalue weighted by molar-refractivity contribution is 0.252. The molecule has 2 fully saturated rings. The van der Waals surface area contributed by atoms with Gasteiger partial charge in [0.2, 0.25) is 0 Å². The maximum absolute atomic E-state index is 11.6. The van der Waals surface area contributed by atoms with Gasteiger partial charge in [-0.15, -0.1) is 0 Å². The standard InChI is InChI=1S/C26H33N7O2S/c1-15(2)23-24(20-13-33-26(27-14-28-33)17(4)16(20)3)29-21-6-7-22(30-25(21)23)32-12-18-10-19(32)11-31(18)8-9-36(5,34)35/h6-7,13-15,18-19,29H,8-12H2,1-5H3/t18-,19-/m0/s1. The van der Waals surface area contributed by atoms with Crippen LogP contribution < -0.4 is 4.90 Å². The van der Waals surface area contributed by atoms with Crippen LogP contribution in [0.25, 0.3) is 27.9 Å². The number of likely N-dealkylation sites (tertiary alicyclic amines) is 1. The molecule has 2 saturated heterocycles. The molecule has 2 aliphatic heterocycles. The van der Waals surface area contributed by atoms with Crippen molar-refractivity contribution in [3.8, 4) is 11.3 Å². The topological polar surface area (TPSA) is 99.5 Å². The van der Waals surface area contributed by atoms with Crippen LogP contribution in [0.5, 0.6) is 0 Å². The Bertz CT molecular complexity index is 1590. The fourth-order valence-electron chi connectivity index (χ4n) is 6.05. The average molecular weight is 508 g/mol. The highest BCUT2D eigenvalue weighted by molar-refractivity contribution is 7.90. The van der Waals surface area contributed by atoms with E-state index in [0.717, 1.165) is 58.8 Å². The Kier molecular flexibility index (Phi) is 5.38. The molecular formula is C26H33N7O2S. The second-order valence-corrected chi connectivity index (χ2v) is 13.0. The van der Waals surface area contributed by atoms with Gasteiger partial charge in [0.05, 0.1) is 22.5 Å². The minimum atomic E-state index is -2.95. The van der Waals surface area contributed by atoms with Crippen LogP contribution in [-0.2, 0) is 9.84 Å². The van der Waals surface area contributed by atoms with E-state index in [1.165, 1.54) is 17.4 Å². The predicted molar refractivity (Wildman–Crippen MR) is 142 cm³/mol. The van der Waals surface area contributed by atoms with Crippen LogP contribution in [0.15, 0.2) is 24.7 Å². The average Bonchev–Trinajstić information content (AvgIpc) is 3.60. The Labute approximate surface area is 211 Å². The molecule has 4 aromatic rings. The highest BCUT2D eigenvalue weighted by atomic mass is 32.2. The van der Waals surface area contributed by atoms with Gasteiger partial charge in [0.15, 0.2) is 5.65 Å². The summed E-state index contributed by atoms with van der Waals surface area (Å²) in [6, 6.07) is 5.03. The summed E-state index contributed by atoms with van der Waals surface area (Å²) in [5.41, 5.74) is 8.68. The zero-order valence-electron chi connectivity index (χ0n) is 21.5. The number of hydrogen-bond acceptors (Lipinski definition) is 7. The van der Waals surface area contributed by atoms with E-state index in [1.807, 2.05) is 4.52 Å². The van der Waals surface area contributed by atoms with Gasteiger partial charge in [-0.3, -0.25) is 4.90 Å². The van der Waals surface area contributed by atoms with Crippen LogP contribution in [0.4, 0.5) is 5.82 Å². The van der Waals surface area contributed by atoms with Crippen molar-refractivity contribution in [2.75, 3.05) is 36.5 Å². The molecule has 6 rings (SSSR count). The molecule has 0 aromatic carbocycles. The molecule has 0 amide bonds. The highest BCUT2D eigenvalue weighted by Crippen LogP contribution is 2.39. The molecule has 6 heterocycles. The third kappa shape index (κ3) is 3.78. The first-order valence-corrected chi connectivity index (χ1v) is 14.7. The molecule has 0 unspecified atom stereocenters. The van der Waals surface area contributed by atoms with Crippen LogP contribution in [-0.4, -0.2) is 81.6 Å². The van der Waals surface area contributed by atoms with Gasteiger partial charge >= 0.3 is 0 Å². The third-order valence-corrected chi connectivity index (χ3v) is 8.96. The van der Waals surface area contributed by atoms with Crippen molar-refractivity contribution in [3.63, 3.8) is 0 Å². The van der Waals surface area contributed by atoms with Gasteiger partial charge in [0.25, 0.3) is 0 Å². The van der Waals surface area contributed by atoms with E-state index in [9.17, 15) is 8.42 Å². The number of hydrogen-bond donors (Lipinski definition) is 1. The van der Waals surface area contributed by atoms with E-state index in [0.29, 0.717) is 18.6 Å². The van der Waals surface area contributed by atoms with Gasteiger partial charge in [-0.25, -0.2) is 22.9 Å². The van der Waals surface area contributed by atoms with E-state index in [-0.39, 0.29) is 11.7 Å². The molecule has 10 heteroatoms. The summed E-state index contributed by atoms with van der Waals surface area (Å²) in [5.74, 6) is 1.51. The number of H-pyrrole nitrogens is 1. The number of aryl methyl sites for hydroxylation is 1. The predicted octanol–water partition coefficient (Wildman–Crippen LogP) is 3.32. The molecule has 0 aliphatic carbocycles. The Morgan fingerprint density at radius 3 is 2.64 bits per heavy atom. The lowest BCUT2D eigenvalue weighted by atomic mass is 9.95. The second kappa shape index (κ2) is 8.27. The normalized spacial score (nSPS) is 20.6. The largest absolute Gasteiger partial charge is 0.353 e. The number of pyridine rings is 2. The van der Waals surface area contributed by atoms with Crippen LogP contribution >= 0.6 is 0 Å². The molecule has 0 saturated carbocycles. The number of nitrogens with one attached hydrogen (secondary N) is 1. The van der Waals surface area contributed by atoms with E-state index in [2.05, 4.69) is 70.9 Å². The van der Waals surface area contributed by atoms with Crippen LogP contribution in [0, 0.1) is 13.8 Å². The molecule has 0 radical (unpaired) electrons. The van der Waals surface area contributed by atoms with Gasteiger partial charge in [-0.05, 0) is 49.4 Å². The molecule has 2 atom stereocenters. The van der Waals surface area contributed by atoms with Gasteiger partial charge in [-0.2, -0.15) is 5.10 Å². The number of piperazine rings is 1. The summed E-state index contributed by atoms with van der Waals surface area (Å²) in [5, 5.41) is 4.39. The number of sulfone groups is 1. The summed E-state index contributed by atoms with van der Waals surface area (Å²) >= 11 is 0. The summed E-state index contributed by atoms with van der Waals surface area (Å²) in [6.45, 7) is 11.1. The second-order valence-electron chi connectivity index (χ2n) is 10.8. The Morgan fingerprint density at radius 2 is 1.94 bits per heavy atom. The quantitative estimate of drug-likeness (QED) is 0.427. The molecule has 2 aliphatic rings. The van der Waals surface area contributed by atoms with Crippen molar-refractivity contribution in [2.45, 2.75) is 52.1 Å². The SMILES string of the molecule is Cc1c(-c2[nH]c3ccc(N4C[C@@H]5C[C@H]4CN5CCS(C)(=O)=O)nc3c2C(C)C)cn2ncnc2c1C. The molecule has 1 N–H and O–H groups in total. The highest BCUT2D eigenvalue weighted by Gasteiger charge is 2.43.